The second kappa shape index (κ2) is 8.31. The Balaban J connectivity index is 1.21. The molecule has 0 fully saturated rings. The lowest BCUT2D eigenvalue weighted by Crippen LogP contribution is -2.33. The van der Waals surface area contributed by atoms with E-state index in [2.05, 4.69) is 160 Å². The Bertz CT molecular complexity index is 2580. The van der Waals surface area contributed by atoms with Crippen LogP contribution in [0.4, 0.5) is 0 Å². The van der Waals surface area contributed by atoms with Gasteiger partial charge >= 0.3 is 0 Å². The van der Waals surface area contributed by atoms with Crippen molar-refractivity contribution in [1.82, 2.24) is 4.57 Å². The number of fused-ring (bicyclic) bond motifs is 4. The standard InChI is InChI=1S/C44H33N/c1-43(2)36-13-8-12-34-35-24-31(25-39-41(35)45(40(34)36)42-37(43)14-9-15-38(42)44(39,3)4)28-19-21-33-30(23-28)17-16-29-22-27(18-20-32(29)33)26-10-6-5-7-11-26/h5-25H,1-4H3. The van der Waals surface area contributed by atoms with Crippen LogP contribution in [0.2, 0.25) is 0 Å². The molecule has 214 valence electrons. The Labute approximate surface area is 263 Å². The molecule has 2 aliphatic rings. The van der Waals surface area contributed by atoms with Crippen molar-refractivity contribution in [1.29, 1.82) is 0 Å². The van der Waals surface area contributed by atoms with Crippen LogP contribution in [-0.2, 0) is 10.8 Å². The predicted molar refractivity (Wildman–Crippen MR) is 191 cm³/mol. The quantitative estimate of drug-likeness (QED) is 0.181. The molecule has 1 aromatic heterocycles. The van der Waals surface area contributed by atoms with E-state index in [9.17, 15) is 0 Å². The summed E-state index contributed by atoms with van der Waals surface area (Å²) in [6.07, 6.45) is 0. The minimum Gasteiger partial charge on any atom is -0.308 e. The monoisotopic (exact) mass is 575 g/mol. The van der Waals surface area contributed by atoms with Gasteiger partial charge in [0, 0.05) is 21.6 Å². The van der Waals surface area contributed by atoms with Gasteiger partial charge in [0.1, 0.15) is 0 Å². The van der Waals surface area contributed by atoms with Crippen LogP contribution in [0.1, 0.15) is 49.9 Å². The summed E-state index contributed by atoms with van der Waals surface area (Å²) in [6.45, 7) is 9.63. The SMILES string of the molecule is CC1(C)c2cccc3c2-n2c4c1cccc4c1cc(-c4ccc5c(ccc6cc(-c7ccccc7)ccc65)c4)cc(c12)C3(C)C. The largest absolute Gasteiger partial charge is 0.308 e. The van der Waals surface area contributed by atoms with Gasteiger partial charge in [-0.25, -0.2) is 0 Å². The van der Waals surface area contributed by atoms with Gasteiger partial charge in [-0.15, -0.1) is 0 Å². The zero-order valence-corrected chi connectivity index (χ0v) is 26.1. The summed E-state index contributed by atoms with van der Waals surface area (Å²) in [7, 11) is 0. The van der Waals surface area contributed by atoms with Gasteiger partial charge in [-0.1, -0.05) is 131 Å². The van der Waals surface area contributed by atoms with Crippen LogP contribution in [0.5, 0.6) is 0 Å². The molecule has 0 N–H and O–H groups in total. The van der Waals surface area contributed by atoms with Crippen molar-refractivity contribution >= 4 is 43.4 Å². The van der Waals surface area contributed by atoms with Gasteiger partial charge in [0.15, 0.2) is 0 Å². The van der Waals surface area contributed by atoms with E-state index < -0.39 is 0 Å². The van der Waals surface area contributed by atoms with Gasteiger partial charge in [0.05, 0.1) is 16.7 Å². The molecule has 1 heteroatoms. The van der Waals surface area contributed by atoms with Crippen molar-refractivity contribution in [2.24, 2.45) is 0 Å². The number of hydrogen-bond acceptors (Lipinski definition) is 0. The lowest BCUT2D eigenvalue weighted by Gasteiger charge is -2.42. The van der Waals surface area contributed by atoms with Crippen LogP contribution < -0.4 is 0 Å². The third-order valence-electron chi connectivity index (χ3n) is 11.1. The van der Waals surface area contributed by atoms with Gasteiger partial charge < -0.3 is 4.57 Å². The Hall–Kier alpha value is -5.14. The lowest BCUT2D eigenvalue weighted by molar-refractivity contribution is 0.594. The molecule has 45 heavy (non-hydrogen) atoms. The maximum atomic E-state index is 2.61. The summed E-state index contributed by atoms with van der Waals surface area (Å²) in [5, 5.41) is 7.87. The van der Waals surface area contributed by atoms with E-state index in [0.29, 0.717) is 0 Å². The van der Waals surface area contributed by atoms with Crippen LogP contribution in [0.3, 0.4) is 0 Å². The van der Waals surface area contributed by atoms with E-state index in [0.717, 1.165) is 0 Å². The van der Waals surface area contributed by atoms with Crippen molar-refractivity contribution < 1.29 is 0 Å². The highest BCUT2D eigenvalue weighted by Gasteiger charge is 2.43. The highest BCUT2D eigenvalue weighted by atomic mass is 15.0. The Morgan fingerprint density at radius 1 is 0.378 bits per heavy atom. The van der Waals surface area contributed by atoms with Crippen LogP contribution in [-0.4, -0.2) is 4.57 Å². The highest BCUT2D eigenvalue weighted by molar-refractivity contribution is 6.15. The number of benzene rings is 7. The van der Waals surface area contributed by atoms with Crippen molar-refractivity contribution in [3.8, 4) is 27.9 Å². The fourth-order valence-corrected chi connectivity index (χ4v) is 8.71. The first-order valence-electron chi connectivity index (χ1n) is 16.1. The van der Waals surface area contributed by atoms with Gasteiger partial charge in [0.25, 0.3) is 0 Å². The van der Waals surface area contributed by atoms with Gasteiger partial charge in [-0.3, -0.25) is 0 Å². The first kappa shape index (κ1) is 25.2. The molecule has 0 aliphatic carbocycles. The fraction of sp³-hybridized carbons (Fsp3) is 0.136. The maximum absolute atomic E-state index is 2.61. The molecule has 0 bridgehead atoms. The van der Waals surface area contributed by atoms with Crippen molar-refractivity contribution in [2.45, 2.75) is 38.5 Å². The van der Waals surface area contributed by atoms with E-state index in [1.165, 1.54) is 93.5 Å². The molecule has 3 heterocycles. The lowest BCUT2D eigenvalue weighted by atomic mass is 9.68. The van der Waals surface area contributed by atoms with Crippen LogP contribution in [0.25, 0.3) is 71.3 Å². The van der Waals surface area contributed by atoms with Crippen molar-refractivity contribution in [3.05, 3.63) is 150 Å². The Morgan fingerprint density at radius 2 is 0.956 bits per heavy atom. The predicted octanol–water partition coefficient (Wildman–Crippen LogP) is 11.7. The molecule has 0 saturated carbocycles. The average Bonchev–Trinajstić information content (AvgIpc) is 3.41. The van der Waals surface area contributed by atoms with Gasteiger partial charge in [-0.2, -0.15) is 0 Å². The molecule has 8 aromatic rings. The number of hydrogen-bond donors (Lipinski definition) is 0. The summed E-state index contributed by atoms with van der Waals surface area (Å²) in [6, 6.07) is 48.0. The number of rotatable bonds is 2. The smallest absolute Gasteiger partial charge is 0.0582 e. The third-order valence-corrected chi connectivity index (χ3v) is 11.1. The first-order chi connectivity index (χ1) is 21.8. The minimum atomic E-state index is -0.124. The average molecular weight is 576 g/mol. The van der Waals surface area contributed by atoms with Crippen molar-refractivity contribution in [2.75, 3.05) is 0 Å². The van der Waals surface area contributed by atoms with Crippen LogP contribution in [0.15, 0.2) is 127 Å². The molecule has 0 saturated heterocycles. The summed E-state index contributed by atoms with van der Waals surface area (Å²) in [5.41, 5.74) is 14.7. The topological polar surface area (TPSA) is 4.93 Å². The normalized spacial score (nSPS) is 15.5. The molecule has 0 amide bonds. The van der Waals surface area contributed by atoms with E-state index in [4.69, 9.17) is 0 Å². The number of aromatic nitrogens is 1. The minimum absolute atomic E-state index is 0.0609. The number of para-hydroxylation sites is 2. The molecule has 7 aromatic carbocycles. The summed E-state index contributed by atoms with van der Waals surface area (Å²) in [5.74, 6) is 0. The third kappa shape index (κ3) is 3.13. The van der Waals surface area contributed by atoms with E-state index in [1.54, 1.807) is 0 Å². The molecule has 10 rings (SSSR count). The second-order valence-corrected chi connectivity index (χ2v) is 14.2. The zero-order valence-electron chi connectivity index (χ0n) is 26.1. The summed E-state index contributed by atoms with van der Waals surface area (Å²) < 4.78 is 2.61. The van der Waals surface area contributed by atoms with Crippen LogP contribution >= 0.6 is 0 Å². The molecule has 0 radical (unpaired) electrons. The highest BCUT2D eigenvalue weighted by Crippen LogP contribution is 2.55. The molecular weight excluding hydrogens is 542 g/mol. The molecule has 0 atom stereocenters. The summed E-state index contributed by atoms with van der Waals surface area (Å²) >= 11 is 0. The summed E-state index contributed by atoms with van der Waals surface area (Å²) in [4.78, 5) is 0. The first-order valence-corrected chi connectivity index (χ1v) is 16.1. The molecule has 0 unspecified atom stereocenters. The van der Waals surface area contributed by atoms with E-state index >= 15 is 0 Å². The van der Waals surface area contributed by atoms with Crippen LogP contribution in [0, 0.1) is 0 Å². The fourth-order valence-electron chi connectivity index (χ4n) is 8.71. The van der Waals surface area contributed by atoms with Gasteiger partial charge in [-0.05, 0) is 90.3 Å². The van der Waals surface area contributed by atoms with Crippen molar-refractivity contribution in [3.63, 3.8) is 0 Å². The van der Waals surface area contributed by atoms with E-state index in [1.807, 2.05) is 0 Å². The zero-order chi connectivity index (χ0) is 30.2. The number of nitrogens with zero attached hydrogens (tertiary/aromatic N) is 1. The maximum Gasteiger partial charge on any atom is 0.0582 e. The Kier molecular flexibility index (Phi) is 4.66. The van der Waals surface area contributed by atoms with Gasteiger partial charge in [0.2, 0.25) is 0 Å². The molecule has 2 aliphatic heterocycles. The molecular formula is C44H33N. The molecule has 1 nitrogen and oxygen atoms in total. The van der Waals surface area contributed by atoms with E-state index in [-0.39, 0.29) is 10.8 Å². The second-order valence-electron chi connectivity index (χ2n) is 14.2. The Morgan fingerprint density at radius 3 is 1.64 bits per heavy atom. The molecule has 0 spiro atoms.